The Balaban J connectivity index is 2.21. The van der Waals surface area contributed by atoms with E-state index in [4.69, 9.17) is 0 Å². The molecule has 0 atom stereocenters. The predicted octanol–water partition coefficient (Wildman–Crippen LogP) is 3.41. The van der Waals surface area contributed by atoms with Gasteiger partial charge in [-0.15, -0.1) is 0 Å². The molecule has 0 amide bonds. The Morgan fingerprint density at radius 1 is 1.05 bits per heavy atom. The molecule has 6 heteroatoms. The summed E-state index contributed by atoms with van der Waals surface area (Å²) in [5.41, 5.74) is 0.876. The van der Waals surface area contributed by atoms with Crippen LogP contribution in [0.3, 0.4) is 0 Å². The zero-order valence-corrected chi connectivity index (χ0v) is 13.2. The molecule has 0 radical (unpaired) electrons. The Morgan fingerprint density at radius 3 is 2.15 bits per heavy atom. The third-order valence-corrected chi connectivity index (χ3v) is 5.19. The molecule has 0 unspecified atom stereocenters. The van der Waals surface area contributed by atoms with Crippen LogP contribution >= 0.6 is 15.9 Å². The fraction of sp³-hybridized carbons (Fsp3) is 0.143. The summed E-state index contributed by atoms with van der Waals surface area (Å²) < 4.78 is 39.6. The van der Waals surface area contributed by atoms with Crippen molar-refractivity contribution in [1.82, 2.24) is 4.31 Å². The van der Waals surface area contributed by atoms with Crippen LogP contribution in [0.4, 0.5) is 4.39 Å². The van der Waals surface area contributed by atoms with Crippen molar-refractivity contribution < 1.29 is 12.8 Å². The van der Waals surface area contributed by atoms with Gasteiger partial charge in [0.2, 0.25) is 10.0 Å². The summed E-state index contributed by atoms with van der Waals surface area (Å²) in [6.07, 6.45) is 0. The second kappa shape index (κ2) is 6.03. The molecule has 0 saturated heterocycles. The van der Waals surface area contributed by atoms with Crippen molar-refractivity contribution in [2.45, 2.75) is 11.4 Å². The molecule has 0 spiro atoms. The smallest absolute Gasteiger partial charge is 0.207 e. The minimum Gasteiger partial charge on any atom is -0.207 e. The van der Waals surface area contributed by atoms with Crippen LogP contribution in [0.15, 0.2) is 57.9 Å². The SMILES string of the molecule is CN(Cc1ccc(Br)cc1)S(=O)(=O)c1ccc(F)cc1. The van der Waals surface area contributed by atoms with Crippen molar-refractivity contribution in [1.29, 1.82) is 0 Å². The molecule has 106 valence electrons. The molecule has 0 N–H and O–H groups in total. The van der Waals surface area contributed by atoms with Gasteiger partial charge in [-0.2, -0.15) is 4.31 Å². The quantitative estimate of drug-likeness (QED) is 0.840. The Kier molecular flexibility index (Phi) is 4.57. The molecule has 0 heterocycles. The maximum absolute atomic E-state index is 12.8. The average molecular weight is 358 g/mol. The van der Waals surface area contributed by atoms with Gasteiger partial charge in [0.05, 0.1) is 4.90 Å². The van der Waals surface area contributed by atoms with Gasteiger partial charge in [-0.05, 0) is 42.0 Å². The topological polar surface area (TPSA) is 37.4 Å². The van der Waals surface area contributed by atoms with Crippen LogP contribution in [0.5, 0.6) is 0 Å². The van der Waals surface area contributed by atoms with Gasteiger partial charge in [0.1, 0.15) is 5.82 Å². The normalized spacial score (nSPS) is 11.8. The predicted molar refractivity (Wildman–Crippen MR) is 79.2 cm³/mol. The number of hydrogen-bond donors (Lipinski definition) is 0. The minimum atomic E-state index is -3.61. The van der Waals surface area contributed by atoms with E-state index in [1.54, 1.807) is 0 Å². The number of sulfonamides is 1. The first-order valence-corrected chi connectivity index (χ1v) is 8.09. The van der Waals surface area contributed by atoms with Crippen LogP contribution in [-0.4, -0.2) is 19.8 Å². The van der Waals surface area contributed by atoms with Crippen LogP contribution in [0.2, 0.25) is 0 Å². The van der Waals surface area contributed by atoms with Crippen LogP contribution in [-0.2, 0) is 16.6 Å². The average Bonchev–Trinajstić information content (AvgIpc) is 2.42. The van der Waals surface area contributed by atoms with E-state index < -0.39 is 15.8 Å². The third-order valence-electron chi connectivity index (χ3n) is 2.84. The molecule has 2 aromatic rings. The van der Waals surface area contributed by atoms with Crippen LogP contribution in [0.25, 0.3) is 0 Å². The van der Waals surface area contributed by atoms with Crippen molar-refractivity contribution in [2.24, 2.45) is 0 Å². The van der Waals surface area contributed by atoms with E-state index in [9.17, 15) is 12.8 Å². The second-order valence-corrected chi connectivity index (χ2v) is 7.30. The monoisotopic (exact) mass is 357 g/mol. The lowest BCUT2D eigenvalue weighted by molar-refractivity contribution is 0.466. The molecular weight excluding hydrogens is 345 g/mol. The molecule has 0 aliphatic carbocycles. The largest absolute Gasteiger partial charge is 0.243 e. The number of benzene rings is 2. The zero-order chi connectivity index (χ0) is 14.8. The summed E-state index contributed by atoms with van der Waals surface area (Å²) >= 11 is 3.33. The van der Waals surface area contributed by atoms with Crippen molar-refractivity contribution >= 4 is 26.0 Å². The van der Waals surface area contributed by atoms with Gasteiger partial charge in [0.15, 0.2) is 0 Å². The van der Waals surface area contributed by atoms with E-state index in [1.165, 1.54) is 23.5 Å². The fourth-order valence-electron chi connectivity index (χ4n) is 1.72. The molecule has 2 aromatic carbocycles. The van der Waals surface area contributed by atoms with Crippen LogP contribution < -0.4 is 0 Å². The van der Waals surface area contributed by atoms with Crippen molar-refractivity contribution in [3.63, 3.8) is 0 Å². The summed E-state index contributed by atoms with van der Waals surface area (Å²) in [7, 11) is -2.11. The summed E-state index contributed by atoms with van der Waals surface area (Å²) in [6, 6.07) is 12.2. The highest BCUT2D eigenvalue weighted by atomic mass is 79.9. The highest BCUT2D eigenvalue weighted by Gasteiger charge is 2.20. The number of hydrogen-bond acceptors (Lipinski definition) is 2. The van der Waals surface area contributed by atoms with Gasteiger partial charge in [-0.25, -0.2) is 12.8 Å². The lowest BCUT2D eigenvalue weighted by Crippen LogP contribution is -2.26. The first-order valence-electron chi connectivity index (χ1n) is 5.86. The maximum atomic E-state index is 12.8. The minimum absolute atomic E-state index is 0.0820. The van der Waals surface area contributed by atoms with Crippen LogP contribution in [0, 0.1) is 5.82 Å². The van der Waals surface area contributed by atoms with Gasteiger partial charge < -0.3 is 0 Å². The first kappa shape index (κ1) is 15.2. The third kappa shape index (κ3) is 3.45. The van der Waals surface area contributed by atoms with Gasteiger partial charge >= 0.3 is 0 Å². The lowest BCUT2D eigenvalue weighted by atomic mass is 10.2. The Hall–Kier alpha value is -1.24. The summed E-state index contributed by atoms with van der Waals surface area (Å²) in [5, 5.41) is 0. The number of halogens is 2. The lowest BCUT2D eigenvalue weighted by Gasteiger charge is -2.17. The molecule has 2 rings (SSSR count). The molecule has 0 aliphatic rings. The van der Waals surface area contributed by atoms with E-state index in [1.807, 2.05) is 24.3 Å². The molecular formula is C14H13BrFNO2S. The van der Waals surface area contributed by atoms with E-state index in [-0.39, 0.29) is 11.4 Å². The molecule has 3 nitrogen and oxygen atoms in total. The van der Waals surface area contributed by atoms with Crippen molar-refractivity contribution in [3.05, 3.63) is 64.4 Å². The first-order chi connectivity index (χ1) is 9.39. The zero-order valence-electron chi connectivity index (χ0n) is 10.8. The van der Waals surface area contributed by atoms with E-state index in [0.717, 1.165) is 22.2 Å². The Bertz CT molecular complexity index is 684. The van der Waals surface area contributed by atoms with Crippen molar-refractivity contribution in [2.75, 3.05) is 7.05 Å². The second-order valence-electron chi connectivity index (χ2n) is 4.34. The Morgan fingerprint density at radius 2 is 1.60 bits per heavy atom. The van der Waals surface area contributed by atoms with Gasteiger partial charge in [0, 0.05) is 18.1 Å². The Labute approximate surface area is 126 Å². The number of nitrogens with zero attached hydrogens (tertiary/aromatic N) is 1. The standard InChI is InChI=1S/C14H13BrFNO2S/c1-17(10-11-2-4-12(15)5-3-11)20(18,19)14-8-6-13(16)7-9-14/h2-9H,10H2,1H3. The summed E-state index contributed by atoms with van der Waals surface area (Å²) in [5.74, 6) is -0.459. The molecule has 0 aliphatic heterocycles. The molecule has 20 heavy (non-hydrogen) atoms. The highest BCUT2D eigenvalue weighted by Crippen LogP contribution is 2.18. The van der Waals surface area contributed by atoms with Gasteiger partial charge in [0.25, 0.3) is 0 Å². The summed E-state index contributed by atoms with van der Waals surface area (Å²) in [4.78, 5) is 0.0820. The molecule has 0 saturated carbocycles. The summed E-state index contributed by atoms with van der Waals surface area (Å²) in [6.45, 7) is 0.257. The molecule has 0 bridgehead atoms. The van der Waals surface area contributed by atoms with Gasteiger partial charge in [-0.3, -0.25) is 0 Å². The van der Waals surface area contributed by atoms with E-state index in [2.05, 4.69) is 15.9 Å². The highest BCUT2D eigenvalue weighted by molar-refractivity contribution is 9.10. The molecule has 0 fully saturated rings. The van der Waals surface area contributed by atoms with Crippen molar-refractivity contribution in [3.8, 4) is 0 Å². The fourth-order valence-corrected chi connectivity index (χ4v) is 3.14. The maximum Gasteiger partial charge on any atom is 0.243 e. The molecule has 0 aromatic heterocycles. The van der Waals surface area contributed by atoms with E-state index >= 15 is 0 Å². The van der Waals surface area contributed by atoms with Gasteiger partial charge in [-0.1, -0.05) is 28.1 Å². The van der Waals surface area contributed by atoms with Crippen LogP contribution in [0.1, 0.15) is 5.56 Å². The number of rotatable bonds is 4. The van der Waals surface area contributed by atoms with E-state index in [0.29, 0.717) is 0 Å².